The topological polar surface area (TPSA) is 21.3 Å². The molecule has 1 aromatic heterocycles. The van der Waals surface area contributed by atoms with Crippen LogP contribution in [-0.2, 0) is 11.2 Å². The van der Waals surface area contributed by atoms with Crippen molar-refractivity contribution >= 4 is 27.3 Å². The summed E-state index contributed by atoms with van der Waals surface area (Å²) in [5, 5.41) is 5.57. The third kappa shape index (κ3) is 3.11. The molecule has 0 aliphatic carbocycles. The van der Waals surface area contributed by atoms with Crippen LogP contribution < -0.4 is 5.32 Å². The van der Waals surface area contributed by atoms with Gasteiger partial charge >= 0.3 is 0 Å². The Morgan fingerprint density at radius 2 is 2.41 bits per heavy atom. The lowest BCUT2D eigenvalue weighted by molar-refractivity contribution is -0.0869. The van der Waals surface area contributed by atoms with Crippen molar-refractivity contribution in [2.75, 3.05) is 13.7 Å². The van der Waals surface area contributed by atoms with Gasteiger partial charge in [0.1, 0.15) is 0 Å². The summed E-state index contributed by atoms with van der Waals surface area (Å²) in [6.07, 6.45) is 4.67. The predicted molar refractivity (Wildman–Crippen MR) is 76.8 cm³/mol. The van der Waals surface area contributed by atoms with Crippen LogP contribution in [0.5, 0.6) is 0 Å². The predicted octanol–water partition coefficient (Wildman–Crippen LogP) is 3.60. The highest BCUT2D eigenvalue weighted by molar-refractivity contribution is 9.10. The highest BCUT2D eigenvalue weighted by atomic mass is 79.9. The second-order valence-electron chi connectivity index (χ2n) is 4.86. The Hall–Kier alpha value is 0.1000. The fourth-order valence-corrected chi connectivity index (χ4v) is 4.07. The highest BCUT2D eigenvalue weighted by Gasteiger charge is 2.36. The number of hydrogen-bond acceptors (Lipinski definition) is 3. The van der Waals surface area contributed by atoms with Crippen molar-refractivity contribution in [3.63, 3.8) is 0 Å². The zero-order valence-corrected chi connectivity index (χ0v) is 12.9. The van der Waals surface area contributed by atoms with E-state index in [1.165, 1.54) is 22.2 Å². The Bertz CT molecular complexity index is 360. The Balaban J connectivity index is 2.08. The van der Waals surface area contributed by atoms with Crippen LogP contribution >= 0.6 is 27.3 Å². The van der Waals surface area contributed by atoms with Crippen LogP contribution in [0, 0.1) is 0 Å². The van der Waals surface area contributed by atoms with E-state index >= 15 is 0 Å². The van der Waals surface area contributed by atoms with Gasteiger partial charge in [0.15, 0.2) is 0 Å². The Kier molecular flexibility index (Phi) is 4.64. The lowest BCUT2D eigenvalue weighted by atomic mass is 9.86. The van der Waals surface area contributed by atoms with E-state index in [0.29, 0.717) is 6.04 Å². The van der Waals surface area contributed by atoms with Crippen LogP contribution in [0.4, 0.5) is 0 Å². The molecule has 2 nitrogen and oxygen atoms in total. The number of thiophene rings is 1. The average Bonchev–Trinajstić information content (AvgIpc) is 2.72. The zero-order chi connectivity index (χ0) is 12.3. The fourth-order valence-electron chi connectivity index (χ4n) is 2.51. The van der Waals surface area contributed by atoms with E-state index in [1.54, 1.807) is 0 Å². The lowest BCUT2D eigenvalue weighted by Gasteiger charge is -2.40. The monoisotopic (exact) mass is 317 g/mol. The van der Waals surface area contributed by atoms with Gasteiger partial charge in [0.05, 0.1) is 5.60 Å². The SMILES string of the molecule is CNC(Cc1sccc1Br)C1(C)CCCCO1. The molecule has 0 aromatic carbocycles. The van der Waals surface area contributed by atoms with Crippen molar-refractivity contribution in [3.05, 3.63) is 20.8 Å². The standard InChI is InChI=1S/C13H20BrNOS/c1-13(6-3-4-7-16-13)12(15-2)9-11-10(14)5-8-17-11/h5,8,12,15H,3-4,6-7,9H2,1-2H3. The van der Waals surface area contributed by atoms with Crippen molar-refractivity contribution in [3.8, 4) is 0 Å². The minimum Gasteiger partial charge on any atom is -0.374 e. The number of hydrogen-bond donors (Lipinski definition) is 1. The first kappa shape index (κ1) is 13.5. The molecule has 0 radical (unpaired) electrons. The molecular weight excluding hydrogens is 298 g/mol. The molecule has 2 atom stereocenters. The quantitative estimate of drug-likeness (QED) is 0.916. The van der Waals surface area contributed by atoms with Crippen molar-refractivity contribution in [1.29, 1.82) is 0 Å². The van der Waals surface area contributed by atoms with Crippen LogP contribution in [0.15, 0.2) is 15.9 Å². The van der Waals surface area contributed by atoms with Crippen LogP contribution in [0.2, 0.25) is 0 Å². The largest absolute Gasteiger partial charge is 0.374 e. The Labute approximate surface area is 116 Å². The number of nitrogens with one attached hydrogen (secondary N) is 1. The molecule has 17 heavy (non-hydrogen) atoms. The summed E-state index contributed by atoms with van der Waals surface area (Å²) in [4.78, 5) is 1.40. The van der Waals surface area contributed by atoms with Gasteiger partial charge in [0.2, 0.25) is 0 Å². The van der Waals surface area contributed by atoms with Gasteiger partial charge in [-0.15, -0.1) is 11.3 Å². The van der Waals surface area contributed by atoms with Gasteiger partial charge in [0, 0.05) is 28.4 Å². The fraction of sp³-hybridized carbons (Fsp3) is 0.692. The van der Waals surface area contributed by atoms with Gasteiger partial charge in [-0.05, 0) is 60.6 Å². The maximum absolute atomic E-state index is 6.03. The van der Waals surface area contributed by atoms with E-state index in [4.69, 9.17) is 4.74 Å². The summed E-state index contributed by atoms with van der Waals surface area (Å²) in [5.74, 6) is 0. The van der Waals surface area contributed by atoms with Crippen LogP contribution in [-0.4, -0.2) is 25.3 Å². The van der Waals surface area contributed by atoms with Gasteiger partial charge < -0.3 is 10.1 Å². The Morgan fingerprint density at radius 3 is 2.94 bits per heavy atom. The van der Waals surface area contributed by atoms with E-state index in [-0.39, 0.29) is 5.60 Å². The Morgan fingerprint density at radius 1 is 1.59 bits per heavy atom. The van der Waals surface area contributed by atoms with Crippen molar-refractivity contribution in [2.45, 2.75) is 44.2 Å². The van der Waals surface area contributed by atoms with Gasteiger partial charge in [-0.1, -0.05) is 0 Å². The second kappa shape index (κ2) is 5.83. The molecule has 4 heteroatoms. The van der Waals surface area contributed by atoms with E-state index < -0.39 is 0 Å². The number of ether oxygens (including phenoxy) is 1. The van der Waals surface area contributed by atoms with Crippen molar-refractivity contribution in [2.24, 2.45) is 0 Å². The van der Waals surface area contributed by atoms with E-state index in [2.05, 4.69) is 39.6 Å². The number of halogens is 1. The molecule has 0 amide bonds. The van der Waals surface area contributed by atoms with Gasteiger partial charge in [-0.2, -0.15) is 0 Å². The van der Waals surface area contributed by atoms with Crippen molar-refractivity contribution < 1.29 is 4.74 Å². The zero-order valence-electron chi connectivity index (χ0n) is 10.5. The third-order valence-corrected chi connectivity index (χ3v) is 5.61. The summed E-state index contributed by atoms with van der Waals surface area (Å²) in [6, 6.07) is 2.51. The maximum atomic E-state index is 6.03. The maximum Gasteiger partial charge on any atom is 0.0810 e. The number of rotatable bonds is 4. The average molecular weight is 318 g/mol. The molecular formula is C13H20BrNOS. The summed E-state index contributed by atoms with van der Waals surface area (Å²) in [5.41, 5.74) is -0.0174. The first-order chi connectivity index (χ1) is 8.15. The van der Waals surface area contributed by atoms with Crippen molar-refractivity contribution in [1.82, 2.24) is 5.32 Å². The molecule has 0 saturated carbocycles. The summed E-state index contributed by atoms with van der Waals surface area (Å²) in [6.45, 7) is 3.15. The first-order valence-corrected chi connectivity index (χ1v) is 7.86. The summed E-state index contributed by atoms with van der Waals surface area (Å²) in [7, 11) is 2.04. The third-order valence-electron chi connectivity index (χ3n) is 3.67. The molecule has 2 heterocycles. The molecule has 0 bridgehead atoms. The lowest BCUT2D eigenvalue weighted by Crippen LogP contribution is -2.52. The molecule has 1 saturated heterocycles. The van der Waals surface area contributed by atoms with Crippen LogP contribution in [0.1, 0.15) is 31.1 Å². The van der Waals surface area contributed by atoms with Crippen LogP contribution in [0.25, 0.3) is 0 Å². The molecule has 2 unspecified atom stereocenters. The molecule has 1 aliphatic heterocycles. The van der Waals surface area contributed by atoms with E-state index in [9.17, 15) is 0 Å². The number of likely N-dealkylation sites (N-methyl/N-ethyl adjacent to an activating group) is 1. The van der Waals surface area contributed by atoms with Gasteiger partial charge in [-0.25, -0.2) is 0 Å². The molecule has 1 fully saturated rings. The highest BCUT2D eigenvalue weighted by Crippen LogP contribution is 2.32. The minimum absolute atomic E-state index is 0.0174. The molecule has 1 N–H and O–H groups in total. The molecule has 1 aliphatic rings. The first-order valence-electron chi connectivity index (χ1n) is 6.19. The smallest absolute Gasteiger partial charge is 0.0810 e. The molecule has 2 rings (SSSR count). The summed E-state index contributed by atoms with van der Waals surface area (Å²) < 4.78 is 7.26. The molecule has 0 spiro atoms. The molecule has 96 valence electrons. The second-order valence-corrected chi connectivity index (χ2v) is 6.71. The van der Waals surface area contributed by atoms with Gasteiger partial charge in [-0.3, -0.25) is 0 Å². The molecule has 1 aromatic rings. The van der Waals surface area contributed by atoms with E-state index in [0.717, 1.165) is 19.4 Å². The minimum atomic E-state index is -0.0174. The summed E-state index contributed by atoms with van der Waals surface area (Å²) >= 11 is 5.42. The van der Waals surface area contributed by atoms with Gasteiger partial charge in [0.25, 0.3) is 0 Å². The van der Waals surface area contributed by atoms with E-state index in [1.807, 2.05) is 18.4 Å². The normalized spacial score (nSPS) is 27.0. The van der Waals surface area contributed by atoms with Crippen LogP contribution in [0.3, 0.4) is 0 Å².